The van der Waals surface area contributed by atoms with Crippen molar-refractivity contribution in [1.29, 1.82) is 0 Å². The lowest BCUT2D eigenvalue weighted by Gasteiger charge is -2.10. The summed E-state index contributed by atoms with van der Waals surface area (Å²) in [5.41, 5.74) is 0.955. The molecule has 0 saturated carbocycles. The van der Waals surface area contributed by atoms with Crippen LogP contribution in [-0.2, 0) is 0 Å². The second kappa shape index (κ2) is 6.03. The van der Waals surface area contributed by atoms with Gasteiger partial charge in [-0.2, -0.15) is 4.99 Å². The number of amides is 2. The summed E-state index contributed by atoms with van der Waals surface area (Å²) in [6.45, 7) is 3.64. The smallest absolute Gasteiger partial charge is 0.323 e. The van der Waals surface area contributed by atoms with Crippen molar-refractivity contribution in [2.75, 3.05) is 13.1 Å². The van der Waals surface area contributed by atoms with Gasteiger partial charge in [0.15, 0.2) is 4.80 Å². The van der Waals surface area contributed by atoms with Gasteiger partial charge in [-0.25, -0.2) is 4.79 Å². The maximum atomic E-state index is 12.2. The molecule has 2 aromatic rings. The zero-order valence-electron chi connectivity index (χ0n) is 11.8. The molecule has 0 N–H and O–H groups in total. The number of hydrogen-bond acceptors (Lipinski definition) is 2. The van der Waals surface area contributed by atoms with Gasteiger partial charge in [-0.15, -0.1) is 11.3 Å². The molecule has 0 bridgehead atoms. The Balaban J connectivity index is 1.99. The molecule has 110 valence electrons. The van der Waals surface area contributed by atoms with Gasteiger partial charge in [0, 0.05) is 34.9 Å². The fourth-order valence-corrected chi connectivity index (χ4v) is 3.33. The van der Waals surface area contributed by atoms with Gasteiger partial charge in [0.1, 0.15) is 0 Å². The quantitative estimate of drug-likeness (QED) is 0.790. The van der Waals surface area contributed by atoms with E-state index in [0.29, 0.717) is 9.82 Å². The Morgan fingerprint density at radius 3 is 2.57 bits per heavy atom. The molecule has 0 spiro atoms. The summed E-state index contributed by atoms with van der Waals surface area (Å²) in [6.07, 6.45) is 4.13. The molecule has 1 saturated heterocycles. The van der Waals surface area contributed by atoms with E-state index in [-0.39, 0.29) is 6.03 Å². The molecule has 4 nitrogen and oxygen atoms in total. The Morgan fingerprint density at radius 1 is 1.24 bits per heavy atom. The molecule has 0 atom stereocenters. The van der Waals surface area contributed by atoms with Crippen LogP contribution in [0.4, 0.5) is 4.79 Å². The van der Waals surface area contributed by atoms with Gasteiger partial charge >= 0.3 is 6.03 Å². The molecule has 3 rings (SSSR count). The van der Waals surface area contributed by atoms with E-state index in [1.54, 1.807) is 4.90 Å². The van der Waals surface area contributed by atoms with E-state index in [1.165, 1.54) is 11.3 Å². The molecule has 2 amide bonds. The Bertz CT molecular complexity index is 711. The molecule has 0 aliphatic carbocycles. The van der Waals surface area contributed by atoms with Crippen LogP contribution in [0.2, 0.25) is 5.02 Å². The van der Waals surface area contributed by atoms with Crippen molar-refractivity contribution in [2.45, 2.75) is 19.8 Å². The molecule has 1 aliphatic heterocycles. The van der Waals surface area contributed by atoms with Crippen molar-refractivity contribution in [3.63, 3.8) is 0 Å². The second-order valence-corrected chi connectivity index (χ2v) is 6.71. The van der Waals surface area contributed by atoms with Crippen molar-refractivity contribution in [1.82, 2.24) is 9.47 Å². The van der Waals surface area contributed by atoms with Crippen LogP contribution in [-0.4, -0.2) is 28.6 Å². The van der Waals surface area contributed by atoms with Crippen LogP contribution in [0.15, 0.2) is 35.5 Å². The molecule has 6 heteroatoms. The van der Waals surface area contributed by atoms with Crippen LogP contribution in [0.5, 0.6) is 0 Å². The minimum Gasteiger partial charge on any atom is -0.323 e. The third-order valence-electron chi connectivity index (χ3n) is 3.44. The highest BCUT2D eigenvalue weighted by molar-refractivity contribution is 7.09. The van der Waals surface area contributed by atoms with Gasteiger partial charge in [0.2, 0.25) is 0 Å². The van der Waals surface area contributed by atoms with Crippen molar-refractivity contribution < 1.29 is 4.79 Å². The molecule has 0 radical (unpaired) electrons. The van der Waals surface area contributed by atoms with Gasteiger partial charge in [0.05, 0.1) is 0 Å². The monoisotopic (exact) mass is 321 g/mol. The number of halogens is 1. The molecular weight excluding hydrogens is 306 g/mol. The molecule has 0 unspecified atom stereocenters. The summed E-state index contributed by atoms with van der Waals surface area (Å²) in [4.78, 5) is 20.1. The number of rotatable bonds is 1. The zero-order valence-corrected chi connectivity index (χ0v) is 13.3. The summed E-state index contributed by atoms with van der Waals surface area (Å²) in [7, 11) is 0. The lowest BCUT2D eigenvalue weighted by molar-refractivity contribution is 0.218. The normalized spacial score (nSPS) is 15.7. The standard InChI is InChI=1S/C15H16ClN3OS/c1-11-10-19(13-6-4-12(16)5-7-13)15(21-11)17-14(20)18-8-2-3-9-18/h4-7,10H,2-3,8-9H2,1H3. The minimum atomic E-state index is -0.142. The third kappa shape index (κ3) is 3.19. The van der Waals surface area contributed by atoms with E-state index in [2.05, 4.69) is 4.99 Å². The molecule has 21 heavy (non-hydrogen) atoms. The first-order chi connectivity index (χ1) is 10.1. The van der Waals surface area contributed by atoms with Gasteiger partial charge in [0.25, 0.3) is 0 Å². The number of likely N-dealkylation sites (tertiary alicyclic amines) is 1. The predicted molar refractivity (Wildman–Crippen MR) is 85.2 cm³/mol. The molecular formula is C15H16ClN3OS. The van der Waals surface area contributed by atoms with Crippen LogP contribution in [0, 0.1) is 6.92 Å². The number of urea groups is 1. The molecule has 1 fully saturated rings. The average Bonchev–Trinajstić information content (AvgIpc) is 3.09. The molecule has 1 aliphatic rings. The lowest BCUT2D eigenvalue weighted by atomic mass is 10.3. The van der Waals surface area contributed by atoms with Crippen LogP contribution >= 0.6 is 22.9 Å². The number of carbonyl (C=O) groups excluding carboxylic acids is 1. The van der Waals surface area contributed by atoms with Crippen LogP contribution < -0.4 is 4.80 Å². The van der Waals surface area contributed by atoms with E-state index in [4.69, 9.17) is 11.6 Å². The van der Waals surface area contributed by atoms with Crippen LogP contribution in [0.1, 0.15) is 17.7 Å². The van der Waals surface area contributed by atoms with Crippen molar-refractivity contribution in [2.24, 2.45) is 4.99 Å². The molecule has 2 heterocycles. The highest BCUT2D eigenvalue weighted by Crippen LogP contribution is 2.14. The zero-order chi connectivity index (χ0) is 14.8. The van der Waals surface area contributed by atoms with Gasteiger partial charge in [-0.1, -0.05) is 11.6 Å². The van der Waals surface area contributed by atoms with E-state index >= 15 is 0 Å². The Labute approximate surface area is 132 Å². The second-order valence-electron chi connectivity index (χ2n) is 5.06. The maximum absolute atomic E-state index is 12.2. The summed E-state index contributed by atoms with van der Waals surface area (Å²) in [6, 6.07) is 7.38. The summed E-state index contributed by atoms with van der Waals surface area (Å²) < 4.78 is 1.93. The first kappa shape index (κ1) is 14.4. The number of nitrogens with zero attached hydrogens (tertiary/aromatic N) is 3. The van der Waals surface area contributed by atoms with E-state index < -0.39 is 0 Å². The van der Waals surface area contributed by atoms with Gasteiger partial charge in [-0.05, 0) is 44.0 Å². The van der Waals surface area contributed by atoms with Crippen LogP contribution in [0.3, 0.4) is 0 Å². The largest absolute Gasteiger partial charge is 0.346 e. The predicted octanol–water partition coefficient (Wildman–Crippen LogP) is 3.62. The lowest BCUT2D eigenvalue weighted by Crippen LogP contribution is -2.27. The van der Waals surface area contributed by atoms with Crippen molar-refractivity contribution in [3.8, 4) is 5.69 Å². The number of aromatic nitrogens is 1. The van der Waals surface area contributed by atoms with Gasteiger partial charge in [-0.3, -0.25) is 4.57 Å². The minimum absolute atomic E-state index is 0.142. The summed E-state index contributed by atoms with van der Waals surface area (Å²) in [5.74, 6) is 0. The van der Waals surface area contributed by atoms with Crippen molar-refractivity contribution in [3.05, 3.63) is 45.2 Å². The molecule has 1 aromatic heterocycles. The third-order valence-corrected chi connectivity index (χ3v) is 4.59. The van der Waals surface area contributed by atoms with Crippen molar-refractivity contribution >= 4 is 29.0 Å². The fraction of sp³-hybridized carbons (Fsp3) is 0.333. The number of aryl methyl sites for hydroxylation is 1. The average molecular weight is 322 g/mol. The first-order valence-electron chi connectivity index (χ1n) is 6.92. The first-order valence-corrected chi connectivity index (χ1v) is 8.11. The SMILES string of the molecule is Cc1cn(-c2ccc(Cl)cc2)c(=NC(=O)N2CCCC2)s1. The maximum Gasteiger partial charge on any atom is 0.346 e. The summed E-state index contributed by atoms with van der Waals surface area (Å²) >= 11 is 7.44. The Hall–Kier alpha value is -1.59. The number of thiazole rings is 1. The van der Waals surface area contributed by atoms with E-state index in [1.807, 2.05) is 42.0 Å². The molecule has 1 aromatic carbocycles. The Morgan fingerprint density at radius 2 is 1.90 bits per heavy atom. The van der Waals surface area contributed by atoms with Crippen LogP contribution in [0.25, 0.3) is 5.69 Å². The topological polar surface area (TPSA) is 37.6 Å². The number of benzene rings is 1. The fourth-order valence-electron chi connectivity index (χ4n) is 2.38. The highest BCUT2D eigenvalue weighted by Gasteiger charge is 2.17. The number of hydrogen-bond donors (Lipinski definition) is 0. The Kier molecular flexibility index (Phi) is 4.12. The summed E-state index contributed by atoms with van der Waals surface area (Å²) in [5, 5.41) is 0.693. The van der Waals surface area contributed by atoms with Gasteiger partial charge < -0.3 is 4.90 Å². The van der Waals surface area contributed by atoms with E-state index in [0.717, 1.165) is 36.5 Å². The van der Waals surface area contributed by atoms with E-state index in [9.17, 15) is 4.79 Å². The highest BCUT2D eigenvalue weighted by atomic mass is 35.5. The number of carbonyl (C=O) groups is 1.